The number of halogens is 1. The fourth-order valence-electron chi connectivity index (χ4n) is 2.27. The van der Waals surface area contributed by atoms with Crippen molar-refractivity contribution in [1.29, 1.82) is 0 Å². The monoisotopic (exact) mass is 269 g/mol. The molecule has 100 valence electrons. The van der Waals surface area contributed by atoms with Crippen LogP contribution in [-0.4, -0.2) is 35.8 Å². The van der Waals surface area contributed by atoms with Crippen LogP contribution >= 0.6 is 11.6 Å². The minimum Gasteiger partial charge on any atom is -0.375 e. The molecule has 5 heteroatoms. The van der Waals surface area contributed by atoms with E-state index in [1.807, 2.05) is 0 Å². The van der Waals surface area contributed by atoms with Gasteiger partial charge in [0.15, 0.2) is 0 Å². The zero-order chi connectivity index (χ0) is 13.1. The van der Waals surface area contributed by atoms with E-state index >= 15 is 0 Å². The fourth-order valence-corrected chi connectivity index (χ4v) is 2.62. The molecule has 1 unspecified atom stereocenters. The van der Waals surface area contributed by atoms with E-state index < -0.39 is 0 Å². The van der Waals surface area contributed by atoms with Gasteiger partial charge in [0.2, 0.25) is 0 Å². The molecule has 1 aliphatic heterocycles. The average molecular weight is 270 g/mol. The Morgan fingerprint density at radius 1 is 1.50 bits per heavy atom. The molecule has 1 aliphatic rings. The number of nitrogens with zero attached hydrogens (tertiary/aromatic N) is 3. The Morgan fingerprint density at radius 3 is 2.94 bits per heavy atom. The van der Waals surface area contributed by atoms with Crippen molar-refractivity contribution in [2.24, 2.45) is 0 Å². The third-order valence-corrected chi connectivity index (χ3v) is 3.59. The largest absolute Gasteiger partial charge is 0.375 e. The lowest BCUT2D eigenvalue weighted by atomic mass is 10.0. The van der Waals surface area contributed by atoms with Crippen LogP contribution in [0.1, 0.15) is 38.7 Å². The average Bonchev–Trinajstić information content (AvgIpc) is 2.38. The molecule has 18 heavy (non-hydrogen) atoms. The Bertz CT molecular complexity index is 411. The van der Waals surface area contributed by atoms with Gasteiger partial charge in [-0.15, -0.1) is 0 Å². The molecule has 0 amide bonds. The first-order valence-electron chi connectivity index (χ1n) is 6.50. The van der Waals surface area contributed by atoms with Crippen molar-refractivity contribution >= 4 is 17.4 Å². The number of rotatable bonds is 3. The van der Waals surface area contributed by atoms with Crippen LogP contribution in [0.15, 0.2) is 6.33 Å². The maximum absolute atomic E-state index is 6.20. The maximum Gasteiger partial charge on any atom is 0.138 e. The number of ether oxygens (including phenoxy) is 1. The van der Waals surface area contributed by atoms with Crippen molar-refractivity contribution in [1.82, 2.24) is 9.97 Å². The zero-order valence-corrected chi connectivity index (χ0v) is 11.9. The highest BCUT2D eigenvalue weighted by Gasteiger charge is 2.24. The summed E-state index contributed by atoms with van der Waals surface area (Å²) in [6.07, 6.45) is 2.85. The van der Waals surface area contributed by atoms with Crippen LogP contribution in [-0.2, 0) is 4.74 Å². The molecule has 0 spiro atoms. The van der Waals surface area contributed by atoms with Gasteiger partial charge >= 0.3 is 0 Å². The second-order valence-electron chi connectivity index (χ2n) is 4.90. The molecule has 0 bridgehead atoms. The topological polar surface area (TPSA) is 38.2 Å². The summed E-state index contributed by atoms with van der Waals surface area (Å²) in [6.45, 7) is 8.87. The smallest absolute Gasteiger partial charge is 0.138 e. The van der Waals surface area contributed by atoms with E-state index in [9.17, 15) is 0 Å². The highest BCUT2D eigenvalue weighted by Crippen LogP contribution is 2.31. The van der Waals surface area contributed by atoms with Crippen molar-refractivity contribution in [2.75, 3.05) is 24.6 Å². The summed E-state index contributed by atoms with van der Waals surface area (Å²) in [5.41, 5.74) is 1.04. The summed E-state index contributed by atoms with van der Waals surface area (Å²) in [4.78, 5) is 10.8. The molecule has 0 aromatic carbocycles. The molecule has 2 rings (SSSR count). The van der Waals surface area contributed by atoms with Crippen molar-refractivity contribution in [3.8, 4) is 0 Å². The summed E-state index contributed by atoms with van der Waals surface area (Å²) >= 11 is 6.20. The van der Waals surface area contributed by atoms with E-state index in [-0.39, 0.29) is 6.10 Å². The number of hydrogen-bond acceptors (Lipinski definition) is 4. The summed E-state index contributed by atoms with van der Waals surface area (Å²) < 4.78 is 5.69. The van der Waals surface area contributed by atoms with Gasteiger partial charge < -0.3 is 9.64 Å². The third kappa shape index (κ3) is 2.75. The maximum atomic E-state index is 6.20. The lowest BCUT2D eigenvalue weighted by Gasteiger charge is -2.34. The molecular formula is C13H20ClN3O. The molecule has 4 nitrogen and oxygen atoms in total. The molecular weight excluding hydrogens is 250 g/mol. The Hall–Kier alpha value is -0.870. The molecule has 0 radical (unpaired) electrons. The molecule has 0 N–H and O–H groups in total. The summed E-state index contributed by atoms with van der Waals surface area (Å²) in [5, 5.41) is 0.564. The lowest BCUT2D eigenvalue weighted by molar-refractivity contribution is 0.0381. The fraction of sp³-hybridized carbons (Fsp3) is 0.692. The van der Waals surface area contributed by atoms with Crippen LogP contribution in [0.4, 0.5) is 5.82 Å². The van der Waals surface area contributed by atoms with Gasteiger partial charge in [0.1, 0.15) is 17.3 Å². The van der Waals surface area contributed by atoms with Crippen molar-refractivity contribution in [3.63, 3.8) is 0 Å². The molecule has 1 fully saturated rings. The Kier molecular flexibility index (Phi) is 4.40. The quantitative estimate of drug-likeness (QED) is 0.791. The second-order valence-corrected chi connectivity index (χ2v) is 5.26. The van der Waals surface area contributed by atoms with E-state index in [0.29, 0.717) is 11.1 Å². The van der Waals surface area contributed by atoms with Crippen LogP contribution in [0.2, 0.25) is 5.15 Å². The van der Waals surface area contributed by atoms with Gasteiger partial charge in [-0.1, -0.05) is 32.4 Å². The standard InChI is InChI=1S/C13H20ClN3O/c1-4-10-7-17(5-6-18-10)13-11(9(2)3)12(14)15-8-16-13/h8-10H,4-7H2,1-3H3. The number of anilines is 1. The van der Waals surface area contributed by atoms with Crippen molar-refractivity contribution < 1.29 is 4.74 Å². The lowest BCUT2D eigenvalue weighted by Crippen LogP contribution is -2.43. The summed E-state index contributed by atoms with van der Waals surface area (Å²) in [5.74, 6) is 1.28. The first-order valence-corrected chi connectivity index (χ1v) is 6.88. The van der Waals surface area contributed by atoms with Gasteiger partial charge in [0.05, 0.1) is 12.7 Å². The predicted molar refractivity (Wildman–Crippen MR) is 73.4 cm³/mol. The van der Waals surface area contributed by atoms with Gasteiger partial charge in [0, 0.05) is 18.7 Å². The van der Waals surface area contributed by atoms with Crippen LogP contribution in [0.3, 0.4) is 0 Å². The Morgan fingerprint density at radius 2 is 2.28 bits per heavy atom. The van der Waals surface area contributed by atoms with Crippen LogP contribution < -0.4 is 4.90 Å². The summed E-state index contributed by atoms with van der Waals surface area (Å²) in [6, 6.07) is 0. The van der Waals surface area contributed by atoms with Crippen molar-refractivity contribution in [3.05, 3.63) is 17.0 Å². The van der Waals surface area contributed by atoms with Gasteiger partial charge in [-0.25, -0.2) is 9.97 Å². The van der Waals surface area contributed by atoms with Crippen LogP contribution in [0.5, 0.6) is 0 Å². The molecule has 1 atom stereocenters. The minimum absolute atomic E-state index is 0.285. The highest BCUT2D eigenvalue weighted by molar-refractivity contribution is 6.30. The van der Waals surface area contributed by atoms with E-state index in [2.05, 4.69) is 35.6 Å². The van der Waals surface area contributed by atoms with Crippen molar-refractivity contribution in [2.45, 2.75) is 39.2 Å². The van der Waals surface area contributed by atoms with Crippen LogP contribution in [0.25, 0.3) is 0 Å². The summed E-state index contributed by atoms with van der Waals surface area (Å²) in [7, 11) is 0. The van der Waals surface area contributed by atoms with E-state index in [1.54, 1.807) is 6.33 Å². The van der Waals surface area contributed by atoms with E-state index in [0.717, 1.165) is 37.5 Å². The Labute approximate surface area is 113 Å². The third-order valence-electron chi connectivity index (χ3n) is 3.29. The highest BCUT2D eigenvalue weighted by atomic mass is 35.5. The zero-order valence-electron chi connectivity index (χ0n) is 11.2. The number of aromatic nitrogens is 2. The molecule has 1 aromatic heterocycles. The first kappa shape index (κ1) is 13.6. The molecule has 2 heterocycles. The SMILES string of the molecule is CCC1CN(c2ncnc(Cl)c2C(C)C)CCO1. The molecule has 1 saturated heterocycles. The molecule has 0 aliphatic carbocycles. The van der Waals surface area contributed by atoms with Crippen LogP contribution in [0, 0.1) is 0 Å². The van der Waals surface area contributed by atoms with Gasteiger partial charge in [0.25, 0.3) is 0 Å². The number of morpholine rings is 1. The van der Waals surface area contributed by atoms with E-state index in [1.165, 1.54) is 0 Å². The van der Waals surface area contributed by atoms with E-state index in [4.69, 9.17) is 16.3 Å². The van der Waals surface area contributed by atoms with Gasteiger partial charge in [-0.3, -0.25) is 0 Å². The normalized spacial score (nSPS) is 20.5. The predicted octanol–water partition coefficient (Wildman–Crippen LogP) is 2.87. The molecule has 0 saturated carbocycles. The second kappa shape index (κ2) is 5.85. The Balaban J connectivity index is 2.29. The van der Waals surface area contributed by atoms with Gasteiger partial charge in [-0.05, 0) is 12.3 Å². The molecule has 1 aromatic rings. The minimum atomic E-state index is 0.285. The first-order chi connectivity index (χ1) is 8.63. The van der Waals surface area contributed by atoms with Gasteiger partial charge in [-0.2, -0.15) is 0 Å². The number of hydrogen-bond donors (Lipinski definition) is 0.